The van der Waals surface area contributed by atoms with Crippen LogP contribution < -0.4 is 5.73 Å². The summed E-state index contributed by atoms with van der Waals surface area (Å²) >= 11 is 0. The number of rotatable bonds is 5. The number of carbonyl (C=O) groups excluding carboxylic acids is 1. The molecule has 0 aliphatic heterocycles. The molecule has 0 spiro atoms. The van der Waals surface area contributed by atoms with Crippen LogP contribution in [0, 0.1) is 5.41 Å². The molecule has 0 bridgehead atoms. The summed E-state index contributed by atoms with van der Waals surface area (Å²) < 4.78 is 4.65. The fourth-order valence-electron chi connectivity index (χ4n) is 1.57. The van der Waals surface area contributed by atoms with Crippen LogP contribution in [0.25, 0.3) is 0 Å². The van der Waals surface area contributed by atoms with Crippen LogP contribution in [0.1, 0.15) is 32.6 Å². The van der Waals surface area contributed by atoms with Gasteiger partial charge in [0, 0.05) is 5.41 Å². The van der Waals surface area contributed by atoms with Crippen molar-refractivity contribution < 1.29 is 9.53 Å². The van der Waals surface area contributed by atoms with Gasteiger partial charge in [0.05, 0.1) is 7.11 Å². The van der Waals surface area contributed by atoms with Crippen LogP contribution in [0.2, 0.25) is 0 Å². The molecule has 0 radical (unpaired) electrons. The predicted octanol–water partition coefficient (Wildman–Crippen LogP) is 1.62. The largest absolute Gasteiger partial charge is 0.468 e. The maximum absolute atomic E-state index is 11.3. The molecule has 0 amide bonds. The van der Waals surface area contributed by atoms with E-state index in [-0.39, 0.29) is 11.4 Å². The molecule has 0 aromatic heterocycles. The molecule has 0 saturated heterocycles. The summed E-state index contributed by atoms with van der Waals surface area (Å²) in [5.41, 5.74) is 5.73. The first-order valence-corrected chi connectivity index (χ1v) is 5.17. The fourth-order valence-corrected chi connectivity index (χ4v) is 1.57. The number of carbonyl (C=O) groups is 1. The highest BCUT2D eigenvalue weighted by Crippen LogP contribution is 2.49. The number of ether oxygens (including phenoxy) is 1. The first kappa shape index (κ1) is 11.2. The van der Waals surface area contributed by atoms with Gasteiger partial charge in [-0.3, -0.25) is 4.79 Å². The molecule has 2 N–H and O–H groups in total. The second-order valence-electron chi connectivity index (χ2n) is 3.93. The topological polar surface area (TPSA) is 52.3 Å². The number of nitrogens with two attached hydrogens (primary N) is 1. The van der Waals surface area contributed by atoms with Crippen molar-refractivity contribution in [2.45, 2.75) is 38.6 Å². The Hall–Kier alpha value is -0.830. The maximum atomic E-state index is 11.3. The molecule has 0 aromatic rings. The van der Waals surface area contributed by atoms with Crippen molar-refractivity contribution in [1.82, 2.24) is 0 Å². The lowest BCUT2D eigenvalue weighted by atomic mass is 9.96. The molecule has 1 saturated carbocycles. The van der Waals surface area contributed by atoms with Crippen molar-refractivity contribution in [2.75, 3.05) is 7.11 Å². The van der Waals surface area contributed by atoms with Crippen molar-refractivity contribution >= 4 is 5.97 Å². The standard InChI is InChI=1S/C11H19NO2/c1-3-4-5-6-11(7-8-11)9(12)10(13)14-2/h5-6,9H,3-4,7-8,12H2,1-2H3/b6-5-. The third kappa shape index (κ3) is 2.35. The smallest absolute Gasteiger partial charge is 0.323 e. The third-order valence-corrected chi connectivity index (χ3v) is 2.81. The molecular formula is C11H19NO2. The Morgan fingerprint density at radius 2 is 2.29 bits per heavy atom. The lowest BCUT2D eigenvalue weighted by Gasteiger charge is -2.16. The van der Waals surface area contributed by atoms with E-state index in [4.69, 9.17) is 5.73 Å². The zero-order valence-electron chi connectivity index (χ0n) is 8.95. The molecule has 1 atom stereocenters. The molecule has 14 heavy (non-hydrogen) atoms. The van der Waals surface area contributed by atoms with E-state index in [2.05, 4.69) is 23.8 Å². The monoisotopic (exact) mass is 197 g/mol. The highest BCUT2D eigenvalue weighted by atomic mass is 16.5. The molecular weight excluding hydrogens is 178 g/mol. The molecule has 1 rings (SSSR count). The van der Waals surface area contributed by atoms with Crippen molar-refractivity contribution in [1.29, 1.82) is 0 Å². The normalized spacial score (nSPS) is 20.8. The van der Waals surface area contributed by atoms with Crippen LogP contribution in [0.4, 0.5) is 0 Å². The van der Waals surface area contributed by atoms with E-state index in [0.717, 1.165) is 25.7 Å². The Labute approximate surface area is 85.3 Å². The number of unbranched alkanes of at least 4 members (excludes halogenated alkanes) is 1. The van der Waals surface area contributed by atoms with Gasteiger partial charge < -0.3 is 10.5 Å². The number of allylic oxidation sites excluding steroid dienone is 1. The van der Waals surface area contributed by atoms with Crippen molar-refractivity contribution in [2.24, 2.45) is 11.1 Å². The second kappa shape index (κ2) is 4.60. The molecule has 1 aliphatic carbocycles. The fraction of sp³-hybridized carbons (Fsp3) is 0.727. The van der Waals surface area contributed by atoms with E-state index in [1.54, 1.807) is 0 Å². The number of hydrogen-bond donors (Lipinski definition) is 1. The van der Waals surface area contributed by atoms with E-state index in [9.17, 15) is 4.79 Å². The van der Waals surface area contributed by atoms with Crippen LogP contribution in [-0.4, -0.2) is 19.1 Å². The minimum atomic E-state index is -0.486. The number of hydrogen-bond acceptors (Lipinski definition) is 3. The van der Waals surface area contributed by atoms with Crippen LogP contribution in [0.15, 0.2) is 12.2 Å². The Bertz CT molecular complexity index is 231. The SMILES string of the molecule is CCC/C=C\C1(C(N)C(=O)OC)CC1. The summed E-state index contributed by atoms with van der Waals surface area (Å²) in [5, 5.41) is 0. The van der Waals surface area contributed by atoms with Crippen molar-refractivity contribution in [3.8, 4) is 0 Å². The molecule has 0 aromatic carbocycles. The van der Waals surface area contributed by atoms with E-state index in [1.807, 2.05) is 0 Å². The molecule has 1 unspecified atom stereocenters. The van der Waals surface area contributed by atoms with Crippen LogP contribution in [-0.2, 0) is 9.53 Å². The van der Waals surface area contributed by atoms with E-state index in [1.165, 1.54) is 7.11 Å². The van der Waals surface area contributed by atoms with Gasteiger partial charge in [-0.05, 0) is 19.3 Å². The summed E-state index contributed by atoms with van der Waals surface area (Å²) in [4.78, 5) is 11.3. The zero-order valence-corrected chi connectivity index (χ0v) is 8.95. The summed E-state index contributed by atoms with van der Waals surface area (Å²) in [6.07, 6.45) is 8.40. The third-order valence-electron chi connectivity index (χ3n) is 2.81. The highest BCUT2D eigenvalue weighted by molar-refractivity contribution is 5.77. The van der Waals surface area contributed by atoms with Gasteiger partial charge in [-0.1, -0.05) is 25.5 Å². The predicted molar refractivity (Wildman–Crippen MR) is 55.7 cm³/mol. The van der Waals surface area contributed by atoms with E-state index < -0.39 is 6.04 Å². The summed E-state index contributed by atoms with van der Waals surface area (Å²) in [7, 11) is 1.38. The highest BCUT2D eigenvalue weighted by Gasteiger charge is 2.49. The van der Waals surface area contributed by atoms with Crippen LogP contribution in [0.5, 0.6) is 0 Å². The minimum absolute atomic E-state index is 0.0950. The number of methoxy groups -OCH3 is 1. The molecule has 1 fully saturated rings. The molecule has 3 heteroatoms. The minimum Gasteiger partial charge on any atom is -0.468 e. The van der Waals surface area contributed by atoms with Crippen molar-refractivity contribution in [3.63, 3.8) is 0 Å². The van der Waals surface area contributed by atoms with Crippen molar-refractivity contribution in [3.05, 3.63) is 12.2 Å². The average Bonchev–Trinajstić information content (AvgIpc) is 2.97. The molecule has 1 aliphatic rings. The summed E-state index contributed by atoms with van der Waals surface area (Å²) in [6, 6.07) is -0.486. The van der Waals surface area contributed by atoms with Gasteiger partial charge in [0.25, 0.3) is 0 Å². The van der Waals surface area contributed by atoms with Gasteiger partial charge in [0.2, 0.25) is 0 Å². The average molecular weight is 197 g/mol. The summed E-state index contributed by atoms with van der Waals surface area (Å²) in [6.45, 7) is 2.13. The van der Waals surface area contributed by atoms with Gasteiger partial charge in [-0.2, -0.15) is 0 Å². The Kier molecular flexibility index (Phi) is 3.69. The lowest BCUT2D eigenvalue weighted by Crippen LogP contribution is -2.39. The second-order valence-corrected chi connectivity index (χ2v) is 3.93. The maximum Gasteiger partial charge on any atom is 0.323 e. The van der Waals surface area contributed by atoms with Gasteiger partial charge in [0.1, 0.15) is 6.04 Å². The molecule has 3 nitrogen and oxygen atoms in total. The van der Waals surface area contributed by atoms with Gasteiger partial charge >= 0.3 is 5.97 Å². The van der Waals surface area contributed by atoms with Gasteiger partial charge in [-0.15, -0.1) is 0 Å². The first-order chi connectivity index (χ1) is 6.66. The zero-order chi connectivity index (χ0) is 10.6. The Morgan fingerprint density at radius 1 is 1.64 bits per heavy atom. The number of esters is 1. The Morgan fingerprint density at radius 3 is 2.71 bits per heavy atom. The lowest BCUT2D eigenvalue weighted by molar-refractivity contribution is -0.143. The van der Waals surface area contributed by atoms with Crippen LogP contribution >= 0.6 is 0 Å². The van der Waals surface area contributed by atoms with E-state index >= 15 is 0 Å². The van der Waals surface area contributed by atoms with Crippen LogP contribution in [0.3, 0.4) is 0 Å². The first-order valence-electron chi connectivity index (χ1n) is 5.17. The molecule has 0 heterocycles. The molecule has 80 valence electrons. The Balaban J connectivity index is 2.53. The van der Waals surface area contributed by atoms with Gasteiger partial charge in [-0.25, -0.2) is 0 Å². The quantitative estimate of drug-likeness (QED) is 0.538. The summed E-state index contributed by atoms with van der Waals surface area (Å²) in [5.74, 6) is -0.302. The van der Waals surface area contributed by atoms with E-state index in [0.29, 0.717) is 0 Å². The van der Waals surface area contributed by atoms with Gasteiger partial charge in [0.15, 0.2) is 0 Å².